The number of rotatable bonds is 5. The van der Waals surface area contributed by atoms with Crippen molar-refractivity contribution >= 4 is 23.7 Å². The average molecular weight is 400 g/mol. The third kappa shape index (κ3) is 4.83. The van der Waals surface area contributed by atoms with Crippen LogP contribution >= 0.6 is 0 Å². The summed E-state index contributed by atoms with van der Waals surface area (Å²) in [4.78, 5) is 51.6. The van der Waals surface area contributed by atoms with Crippen LogP contribution in [0, 0.1) is 11.8 Å². The SMILES string of the molecule is CC(C)(C)OC(=O)[C@@H](NC(=O)CN1C(=O)C2CCCCC2C1=O)c1ccccc1. The van der Waals surface area contributed by atoms with E-state index in [0.29, 0.717) is 18.4 Å². The summed E-state index contributed by atoms with van der Waals surface area (Å²) in [5.74, 6) is -2.32. The van der Waals surface area contributed by atoms with Gasteiger partial charge < -0.3 is 10.1 Å². The molecule has 2 fully saturated rings. The quantitative estimate of drug-likeness (QED) is 0.605. The third-order valence-electron chi connectivity index (χ3n) is 5.31. The maximum atomic E-state index is 12.7. The molecule has 1 aromatic carbocycles. The van der Waals surface area contributed by atoms with E-state index < -0.39 is 23.5 Å². The minimum Gasteiger partial charge on any atom is -0.458 e. The Labute approximate surface area is 170 Å². The van der Waals surface area contributed by atoms with E-state index in [9.17, 15) is 19.2 Å². The number of amides is 3. The molecule has 29 heavy (non-hydrogen) atoms. The Hall–Kier alpha value is -2.70. The van der Waals surface area contributed by atoms with Gasteiger partial charge in [-0.25, -0.2) is 4.79 Å². The van der Waals surface area contributed by atoms with Crippen molar-refractivity contribution < 1.29 is 23.9 Å². The Morgan fingerprint density at radius 1 is 1.07 bits per heavy atom. The van der Waals surface area contributed by atoms with Gasteiger partial charge in [-0.05, 0) is 39.2 Å². The number of benzene rings is 1. The number of esters is 1. The van der Waals surface area contributed by atoms with Crippen LogP contribution in [-0.2, 0) is 23.9 Å². The largest absolute Gasteiger partial charge is 0.458 e. The molecular formula is C22H28N2O5. The zero-order valence-corrected chi connectivity index (χ0v) is 17.1. The minimum absolute atomic E-state index is 0.275. The molecule has 7 heteroatoms. The van der Waals surface area contributed by atoms with Crippen molar-refractivity contribution in [2.75, 3.05) is 6.54 Å². The van der Waals surface area contributed by atoms with Crippen LogP contribution in [0.2, 0.25) is 0 Å². The molecule has 1 aromatic rings. The van der Waals surface area contributed by atoms with Crippen molar-refractivity contribution in [2.45, 2.75) is 58.1 Å². The number of ether oxygens (including phenoxy) is 1. The molecule has 0 aromatic heterocycles. The normalized spacial score (nSPS) is 22.8. The van der Waals surface area contributed by atoms with Gasteiger partial charge in [-0.15, -0.1) is 0 Å². The highest BCUT2D eigenvalue weighted by atomic mass is 16.6. The topological polar surface area (TPSA) is 92.8 Å². The van der Waals surface area contributed by atoms with Gasteiger partial charge in [-0.3, -0.25) is 19.3 Å². The van der Waals surface area contributed by atoms with E-state index in [4.69, 9.17) is 4.74 Å². The second-order valence-electron chi connectivity index (χ2n) is 8.70. The van der Waals surface area contributed by atoms with Crippen LogP contribution in [0.4, 0.5) is 0 Å². The second-order valence-corrected chi connectivity index (χ2v) is 8.70. The Bertz CT molecular complexity index is 775. The van der Waals surface area contributed by atoms with Crippen LogP contribution in [-0.4, -0.2) is 40.7 Å². The predicted molar refractivity (Wildman–Crippen MR) is 105 cm³/mol. The lowest BCUT2D eigenvalue weighted by atomic mass is 9.81. The van der Waals surface area contributed by atoms with Crippen LogP contribution in [0.1, 0.15) is 58.1 Å². The smallest absolute Gasteiger partial charge is 0.333 e. The fraction of sp³-hybridized carbons (Fsp3) is 0.545. The molecule has 1 saturated heterocycles. The number of carbonyl (C=O) groups is 4. The second kappa shape index (κ2) is 8.35. The Morgan fingerprint density at radius 3 is 2.14 bits per heavy atom. The van der Waals surface area contributed by atoms with Gasteiger partial charge in [0.2, 0.25) is 17.7 Å². The molecule has 1 aliphatic heterocycles. The molecule has 2 aliphatic rings. The number of nitrogens with zero attached hydrogens (tertiary/aromatic N) is 1. The molecular weight excluding hydrogens is 372 g/mol. The number of hydrogen-bond acceptors (Lipinski definition) is 5. The summed E-state index contributed by atoms with van der Waals surface area (Å²) >= 11 is 0. The van der Waals surface area contributed by atoms with Gasteiger partial charge in [0.15, 0.2) is 6.04 Å². The van der Waals surface area contributed by atoms with Gasteiger partial charge in [0.05, 0.1) is 11.8 Å². The maximum absolute atomic E-state index is 12.7. The fourth-order valence-electron chi connectivity index (χ4n) is 4.02. The molecule has 0 spiro atoms. The molecule has 3 atom stereocenters. The van der Waals surface area contributed by atoms with Crippen LogP contribution < -0.4 is 5.32 Å². The summed E-state index contributed by atoms with van der Waals surface area (Å²) in [5.41, 5.74) is -0.145. The molecule has 0 bridgehead atoms. The first-order valence-corrected chi connectivity index (χ1v) is 10.1. The lowest BCUT2D eigenvalue weighted by Gasteiger charge is -2.25. The van der Waals surface area contributed by atoms with Gasteiger partial charge in [0.25, 0.3) is 0 Å². The Kier molecular flexibility index (Phi) is 6.05. The minimum atomic E-state index is -1.02. The van der Waals surface area contributed by atoms with Crippen molar-refractivity contribution in [3.8, 4) is 0 Å². The van der Waals surface area contributed by atoms with Crippen LogP contribution in [0.15, 0.2) is 30.3 Å². The standard InChI is InChI=1S/C22H28N2O5/c1-22(2,3)29-21(28)18(14-9-5-4-6-10-14)23-17(25)13-24-19(26)15-11-7-8-12-16(15)20(24)27/h4-6,9-10,15-16,18H,7-8,11-13H2,1-3H3,(H,23,25)/t15?,16?,18-/m0/s1. The van der Waals surface area contributed by atoms with E-state index in [2.05, 4.69) is 5.32 Å². The van der Waals surface area contributed by atoms with Crippen molar-refractivity contribution in [3.63, 3.8) is 0 Å². The Morgan fingerprint density at radius 2 is 1.62 bits per heavy atom. The first-order chi connectivity index (χ1) is 13.7. The average Bonchev–Trinajstić information content (AvgIpc) is 2.90. The van der Waals surface area contributed by atoms with Gasteiger partial charge in [-0.2, -0.15) is 0 Å². The molecule has 3 rings (SSSR count). The number of hydrogen-bond donors (Lipinski definition) is 1. The monoisotopic (exact) mass is 400 g/mol. The molecule has 1 aliphatic carbocycles. The lowest BCUT2D eigenvalue weighted by molar-refractivity contribution is -0.159. The zero-order valence-electron chi connectivity index (χ0n) is 17.1. The van der Waals surface area contributed by atoms with E-state index in [1.54, 1.807) is 51.1 Å². The van der Waals surface area contributed by atoms with Gasteiger partial charge >= 0.3 is 5.97 Å². The van der Waals surface area contributed by atoms with Gasteiger partial charge in [-0.1, -0.05) is 43.2 Å². The summed E-state index contributed by atoms with van der Waals surface area (Å²) in [6, 6.07) is 7.75. The molecule has 7 nitrogen and oxygen atoms in total. The van der Waals surface area contributed by atoms with Crippen molar-refractivity contribution in [3.05, 3.63) is 35.9 Å². The highest BCUT2D eigenvalue weighted by molar-refractivity contribution is 6.07. The van der Waals surface area contributed by atoms with E-state index in [1.807, 2.05) is 0 Å². The van der Waals surface area contributed by atoms with Crippen molar-refractivity contribution in [1.29, 1.82) is 0 Å². The number of fused-ring (bicyclic) bond motifs is 1. The van der Waals surface area contributed by atoms with Gasteiger partial charge in [0, 0.05) is 0 Å². The van der Waals surface area contributed by atoms with Crippen LogP contribution in [0.5, 0.6) is 0 Å². The summed E-state index contributed by atoms with van der Waals surface area (Å²) in [6.07, 6.45) is 3.24. The van der Waals surface area contributed by atoms with Crippen LogP contribution in [0.25, 0.3) is 0 Å². The molecule has 3 amide bonds. The summed E-state index contributed by atoms with van der Waals surface area (Å²) < 4.78 is 5.44. The molecule has 2 unspecified atom stereocenters. The number of imide groups is 1. The van der Waals surface area contributed by atoms with Crippen molar-refractivity contribution in [1.82, 2.24) is 10.2 Å². The van der Waals surface area contributed by atoms with E-state index in [1.165, 1.54) is 0 Å². The molecule has 1 N–H and O–H groups in total. The highest BCUT2D eigenvalue weighted by Gasteiger charge is 2.48. The van der Waals surface area contributed by atoms with E-state index >= 15 is 0 Å². The molecule has 1 heterocycles. The van der Waals surface area contributed by atoms with Crippen LogP contribution in [0.3, 0.4) is 0 Å². The lowest BCUT2D eigenvalue weighted by Crippen LogP contribution is -2.44. The molecule has 156 valence electrons. The van der Waals surface area contributed by atoms with E-state index in [-0.39, 0.29) is 30.2 Å². The predicted octanol–water partition coefficient (Wildman–Crippen LogP) is 2.36. The molecule has 0 radical (unpaired) electrons. The maximum Gasteiger partial charge on any atom is 0.333 e. The summed E-state index contributed by atoms with van der Waals surface area (Å²) in [6.45, 7) is 4.87. The molecule has 1 saturated carbocycles. The first-order valence-electron chi connectivity index (χ1n) is 10.1. The summed E-state index contributed by atoms with van der Waals surface area (Å²) in [7, 11) is 0. The van der Waals surface area contributed by atoms with E-state index in [0.717, 1.165) is 17.7 Å². The first kappa shape index (κ1) is 21.0. The fourth-order valence-corrected chi connectivity index (χ4v) is 4.02. The zero-order chi connectivity index (χ0) is 21.2. The number of nitrogens with one attached hydrogen (secondary N) is 1. The van der Waals surface area contributed by atoms with Gasteiger partial charge in [0.1, 0.15) is 12.1 Å². The Balaban J connectivity index is 1.72. The third-order valence-corrected chi connectivity index (χ3v) is 5.31. The highest BCUT2D eigenvalue weighted by Crippen LogP contribution is 2.37. The number of likely N-dealkylation sites (tertiary alicyclic amines) is 1. The summed E-state index contributed by atoms with van der Waals surface area (Å²) in [5, 5.41) is 2.65. The van der Waals surface area contributed by atoms with Crippen molar-refractivity contribution in [2.24, 2.45) is 11.8 Å². The number of carbonyl (C=O) groups excluding carboxylic acids is 4.